The monoisotopic (exact) mass is 230 g/mol. The van der Waals surface area contributed by atoms with Crippen molar-refractivity contribution in [3.05, 3.63) is 24.0 Å². The number of rotatable bonds is 2. The van der Waals surface area contributed by atoms with Crippen LogP contribution >= 0.6 is 0 Å². The van der Waals surface area contributed by atoms with Gasteiger partial charge in [-0.2, -0.15) is 5.26 Å². The standard InChI is InChI=1S/C13H18N4/c1-10-7-11(5-6-17(10)2)16-13-4-3-12(8-14)15-9-13/h3-4,9-11,16H,5-7H2,1-2H3. The van der Waals surface area contributed by atoms with Crippen LogP contribution in [0, 0.1) is 11.3 Å². The van der Waals surface area contributed by atoms with Crippen molar-refractivity contribution in [2.24, 2.45) is 0 Å². The molecule has 2 heterocycles. The first-order valence-corrected chi connectivity index (χ1v) is 6.02. The molecule has 4 heteroatoms. The molecule has 4 nitrogen and oxygen atoms in total. The summed E-state index contributed by atoms with van der Waals surface area (Å²) in [5.74, 6) is 0. The van der Waals surface area contributed by atoms with Gasteiger partial charge in [-0.15, -0.1) is 0 Å². The highest BCUT2D eigenvalue weighted by Gasteiger charge is 2.22. The Morgan fingerprint density at radius 3 is 2.94 bits per heavy atom. The van der Waals surface area contributed by atoms with Crippen LogP contribution in [0.4, 0.5) is 5.69 Å². The van der Waals surface area contributed by atoms with Crippen molar-refractivity contribution in [3.63, 3.8) is 0 Å². The van der Waals surface area contributed by atoms with Crippen LogP contribution in [0.15, 0.2) is 18.3 Å². The van der Waals surface area contributed by atoms with Gasteiger partial charge in [0.15, 0.2) is 0 Å². The van der Waals surface area contributed by atoms with Crippen molar-refractivity contribution >= 4 is 5.69 Å². The summed E-state index contributed by atoms with van der Waals surface area (Å²) in [5, 5.41) is 12.2. The number of aromatic nitrogens is 1. The van der Waals surface area contributed by atoms with Crippen LogP contribution in [0.25, 0.3) is 0 Å². The zero-order valence-electron chi connectivity index (χ0n) is 10.3. The van der Waals surface area contributed by atoms with Crippen LogP contribution in [0.5, 0.6) is 0 Å². The molecule has 0 radical (unpaired) electrons. The number of nitrogens with zero attached hydrogens (tertiary/aromatic N) is 3. The van der Waals surface area contributed by atoms with E-state index in [1.807, 2.05) is 12.1 Å². The van der Waals surface area contributed by atoms with Gasteiger partial charge >= 0.3 is 0 Å². The number of anilines is 1. The highest BCUT2D eigenvalue weighted by Crippen LogP contribution is 2.19. The fourth-order valence-corrected chi connectivity index (χ4v) is 2.20. The highest BCUT2D eigenvalue weighted by molar-refractivity contribution is 5.43. The average Bonchev–Trinajstić information content (AvgIpc) is 2.35. The average molecular weight is 230 g/mol. The lowest BCUT2D eigenvalue weighted by atomic mass is 9.99. The number of nitrogens with one attached hydrogen (secondary N) is 1. The van der Waals surface area contributed by atoms with E-state index in [0.29, 0.717) is 17.8 Å². The maximum atomic E-state index is 8.68. The minimum absolute atomic E-state index is 0.465. The van der Waals surface area contributed by atoms with E-state index in [0.717, 1.165) is 25.1 Å². The van der Waals surface area contributed by atoms with Gasteiger partial charge in [0.05, 0.1) is 11.9 Å². The molecule has 0 spiro atoms. The van der Waals surface area contributed by atoms with E-state index >= 15 is 0 Å². The highest BCUT2D eigenvalue weighted by atomic mass is 15.1. The first kappa shape index (κ1) is 11.9. The van der Waals surface area contributed by atoms with Gasteiger partial charge in [0, 0.05) is 18.6 Å². The zero-order valence-corrected chi connectivity index (χ0v) is 10.3. The topological polar surface area (TPSA) is 52.0 Å². The Hall–Kier alpha value is -1.60. The molecule has 2 rings (SSSR count). The van der Waals surface area contributed by atoms with Gasteiger partial charge < -0.3 is 10.2 Å². The molecule has 0 aliphatic carbocycles. The van der Waals surface area contributed by atoms with Crippen molar-refractivity contribution in [1.82, 2.24) is 9.88 Å². The minimum Gasteiger partial charge on any atom is -0.381 e. The Kier molecular flexibility index (Phi) is 3.60. The maximum absolute atomic E-state index is 8.68. The van der Waals surface area contributed by atoms with Crippen LogP contribution < -0.4 is 5.32 Å². The lowest BCUT2D eigenvalue weighted by Gasteiger charge is -2.35. The van der Waals surface area contributed by atoms with Crippen LogP contribution in [0.2, 0.25) is 0 Å². The molecule has 0 bridgehead atoms. The molecule has 1 saturated heterocycles. The summed E-state index contributed by atoms with van der Waals surface area (Å²) in [7, 11) is 2.17. The number of likely N-dealkylation sites (tertiary alicyclic amines) is 1. The van der Waals surface area contributed by atoms with Gasteiger partial charge in [-0.25, -0.2) is 4.98 Å². The molecule has 2 unspecified atom stereocenters. The molecule has 0 aromatic carbocycles. The third-order valence-electron chi connectivity index (χ3n) is 3.46. The minimum atomic E-state index is 0.465. The van der Waals surface area contributed by atoms with Crippen LogP contribution in [-0.2, 0) is 0 Å². The molecule has 1 N–H and O–H groups in total. The predicted octanol–water partition coefficient (Wildman–Crippen LogP) is 1.85. The van der Waals surface area contributed by atoms with E-state index in [-0.39, 0.29) is 0 Å². The Balaban J connectivity index is 1.94. The normalized spacial score (nSPS) is 25.2. The molecule has 17 heavy (non-hydrogen) atoms. The number of hydrogen-bond acceptors (Lipinski definition) is 4. The second-order valence-electron chi connectivity index (χ2n) is 4.74. The molecule has 1 aromatic rings. The molecule has 0 amide bonds. The van der Waals surface area contributed by atoms with E-state index in [4.69, 9.17) is 5.26 Å². The lowest BCUT2D eigenvalue weighted by Crippen LogP contribution is -2.42. The Morgan fingerprint density at radius 1 is 1.53 bits per heavy atom. The molecular formula is C13H18N4. The molecule has 1 aliphatic rings. The predicted molar refractivity (Wildman–Crippen MR) is 67.7 cm³/mol. The SMILES string of the molecule is CC1CC(Nc2ccc(C#N)nc2)CCN1C. The van der Waals surface area contributed by atoms with Crippen LogP contribution in [-0.4, -0.2) is 35.6 Å². The summed E-state index contributed by atoms with van der Waals surface area (Å²) < 4.78 is 0. The van der Waals surface area contributed by atoms with Crippen molar-refractivity contribution in [1.29, 1.82) is 5.26 Å². The quantitative estimate of drug-likeness (QED) is 0.842. The number of nitriles is 1. The summed E-state index contributed by atoms with van der Waals surface area (Å²) in [5.41, 5.74) is 1.47. The Bertz CT molecular complexity index is 406. The Morgan fingerprint density at radius 2 is 2.35 bits per heavy atom. The first-order valence-electron chi connectivity index (χ1n) is 6.02. The molecule has 0 saturated carbocycles. The van der Waals surface area contributed by atoms with E-state index in [2.05, 4.69) is 29.2 Å². The van der Waals surface area contributed by atoms with E-state index < -0.39 is 0 Å². The van der Waals surface area contributed by atoms with Gasteiger partial charge in [0.2, 0.25) is 0 Å². The summed E-state index contributed by atoms with van der Waals surface area (Å²) in [6, 6.07) is 6.83. The molecule has 1 fully saturated rings. The number of pyridine rings is 1. The second-order valence-corrected chi connectivity index (χ2v) is 4.74. The van der Waals surface area contributed by atoms with Crippen molar-refractivity contribution in [2.45, 2.75) is 31.8 Å². The fourth-order valence-electron chi connectivity index (χ4n) is 2.20. The molecule has 90 valence electrons. The van der Waals surface area contributed by atoms with Gasteiger partial charge in [0.1, 0.15) is 11.8 Å². The number of hydrogen-bond donors (Lipinski definition) is 1. The van der Waals surface area contributed by atoms with Crippen LogP contribution in [0.1, 0.15) is 25.5 Å². The van der Waals surface area contributed by atoms with Crippen LogP contribution in [0.3, 0.4) is 0 Å². The molecule has 1 aromatic heterocycles. The maximum Gasteiger partial charge on any atom is 0.140 e. The third kappa shape index (κ3) is 2.95. The van der Waals surface area contributed by atoms with Crippen molar-refractivity contribution in [3.8, 4) is 6.07 Å². The smallest absolute Gasteiger partial charge is 0.140 e. The van der Waals surface area contributed by atoms with E-state index in [1.54, 1.807) is 12.3 Å². The lowest BCUT2D eigenvalue weighted by molar-refractivity contribution is 0.190. The fraction of sp³-hybridized carbons (Fsp3) is 0.538. The van der Waals surface area contributed by atoms with Gasteiger partial charge in [-0.1, -0.05) is 0 Å². The summed E-state index contributed by atoms with van der Waals surface area (Å²) >= 11 is 0. The third-order valence-corrected chi connectivity index (χ3v) is 3.46. The van der Waals surface area contributed by atoms with Gasteiger partial charge in [0.25, 0.3) is 0 Å². The van der Waals surface area contributed by atoms with Gasteiger partial charge in [-0.05, 0) is 38.9 Å². The van der Waals surface area contributed by atoms with Crippen molar-refractivity contribution < 1.29 is 0 Å². The Labute approximate surface area is 102 Å². The number of piperidine rings is 1. The molecule has 2 atom stereocenters. The summed E-state index contributed by atoms with van der Waals surface area (Å²) in [6.45, 7) is 3.38. The zero-order chi connectivity index (χ0) is 12.3. The first-order chi connectivity index (χ1) is 8.19. The van der Waals surface area contributed by atoms with Crippen molar-refractivity contribution in [2.75, 3.05) is 18.9 Å². The largest absolute Gasteiger partial charge is 0.381 e. The van der Waals surface area contributed by atoms with E-state index in [9.17, 15) is 0 Å². The molecule has 1 aliphatic heterocycles. The summed E-state index contributed by atoms with van der Waals surface area (Å²) in [6.07, 6.45) is 4.04. The van der Waals surface area contributed by atoms with E-state index in [1.165, 1.54) is 0 Å². The summed E-state index contributed by atoms with van der Waals surface area (Å²) in [4.78, 5) is 6.45. The second kappa shape index (κ2) is 5.15. The molecular weight excluding hydrogens is 212 g/mol. The van der Waals surface area contributed by atoms with Gasteiger partial charge in [-0.3, -0.25) is 0 Å².